The molecule has 0 aromatic heterocycles. The van der Waals surface area contributed by atoms with Crippen LogP contribution < -0.4 is 10.9 Å². The largest absolute Gasteiger partial charge is 0.253 e. The lowest BCUT2D eigenvalue weighted by Crippen LogP contribution is -2.61. The maximum atomic E-state index is 13.3. The number of fused-ring (bicyclic) bond motifs is 4. The minimum atomic E-state index is -3.50. The monoisotopic (exact) mass is 387 g/mol. The molecule has 1 aromatic carbocycles. The van der Waals surface area contributed by atoms with E-state index in [2.05, 4.69) is 17.1 Å². The van der Waals surface area contributed by atoms with Crippen molar-refractivity contribution in [3.05, 3.63) is 29.3 Å². The Morgan fingerprint density at radius 1 is 1.21 bits per heavy atom. The highest BCUT2D eigenvalue weighted by atomic mass is 35.5. The number of thioether (sulfide) groups is 1. The molecule has 4 rings (SSSR count). The second kappa shape index (κ2) is 6.45. The average molecular weight is 388 g/mol. The van der Waals surface area contributed by atoms with Crippen LogP contribution in [-0.2, 0) is 10.0 Å². The van der Waals surface area contributed by atoms with Crippen LogP contribution in [0.2, 0.25) is 5.02 Å². The van der Waals surface area contributed by atoms with Crippen LogP contribution in [0.4, 0.5) is 0 Å². The van der Waals surface area contributed by atoms with Gasteiger partial charge in [-0.25, -0.2) is 13.8 Å². The molecule has 3 fully saturated rings. The molecule has 3 aliphatic rings. The first-order valence-corrected chi connectivity index (χ1v) is 11.5. The van der Waals surface area contributed by atoms with Gasteiger partial charge in [-0.2, -0.15) is 4.31 Å². The molecular weight excluding hydrogens is 366 g/mol. The zero-order valence-electron chi connectivity index (χ0n) is 13.5. The maximum Gasteiger partial charge on any atom is 0.243 e. The van der Waals surface area contributed by atoms with Gasteiger partial charge in [0.1, 0.15) is 0 Å². The summed E-state index contributed by atoms with van der Waals surface area (Å²) >= 11 is 7.69. The van der Waals surface area contributed by atoms with E-state index in [-0.39, 0.29) is 17.5 Å². The fourth-order valence-electron chi connectivity index (χ4n) is 4.56. The summed E-state index contributed by atoms with van der Waals surface area (Å²) < 4.78 is 28.5. The van der Waals surface area contributed by atoms with E-state index in [1.54, 1.807) is 36.0 Å². The molecule has 5 atom stereocenters. The number of benzene rings is 1. The number of halogens is 1. The van der Waals surface area contributed by atoms with E-state index in [9.17, 15) is 8.42 Å². The Balaban J connectivity index is 1.72. The zero-order chi connectivity index (χ0) is 16.9. The van der Waals surface area contributed by atoms with Crippen molar-refractivity contribution in [1.29, 1.82) is 0 Å². The van der Waals surface area contributed by atoms with Crippen molar-refractivity contribution in [3.63, 3.8) is 0 Å². The van der Waals surface area contributed by atoms with E-state index in [1.807, 2.05) is 4.31 Å². The van der Waals surface area contributed by atoms with Crippen LogP contribution in [-0.4, -0.2) is 42.5 Å². The lowest BCUT2D eigenvalue weighted by Gasteiger charge is -2.50. The molecule has 0 aliphatic carbocycles. The molecule has 3 aliphatic heterocycles. The Bertz CT molecular complexity index is 713. The summed E-state index contributed by atoms with van der Waals surface area (Å²) in [5.41, 5.74) is 6.75. The fourth-order valence-corrected chi connectivity index (χ4v) is 7.47. The first-order valence-electron chi connectivity index (χ1n) is 8.35. The van der Waals surface area contributed by atoms with Gasteiger partial charge in [-0.1, -0.05) is 18.0 Å². The number of hydrogen-bond acceptors (Lipinski definition) is 5. The average Bonchev–Trinajstić information content (AvgIpc) is 2.97. The summed E-state index contributed by atoms with van der Waals surface area (Å²) in [6.45, 7) is 0. The number of sulfonamides is 1. The number of nitrogens with one attached hydrogen (secondary N) is 2. The molecule has 3 saturated heterocycles. The summed E-state index contributed by atoms with van der Waals surface area (Å²) in [7, 11) is -3.50. The topological polar surface area (TPSA) is 61.4 Å². The number of rotatable bonds is 3. The van der Waals surface area contributed by atoms with E-state index >= 15 is 0 Å². The highest BCUT2D eigenvalue weighted by molar-refractivity contribution is 7.99. The third kappa shape index (κ3) is 2.70. The SMILES string of the molecule is CSC1NNC2CC3CCCC(C21)N3S(=O)(=O)c1ccc(Cl)cc1. The van der Waals surface area contributed by atoms with Crippen LogP contribution in [0.1, 0.15) is 25.7 Å². The summed E-state index contributed by atoms with van der Waals surface area (Å²) in [6, 6.07) is 7.05. The normalized spacial score (nSPS) is 36.5. The summed E-state index contributed by atoms with van der Waals surface area (Å²) in [5, 5.41) is 0.807. The number of nitrogens with zero attached hydrogens (tertiary/aromatic N) is 1. The third-order valence-electron chi connectivity index (χ3n) is 5.56. The predicted molar refractivity (Wildman–Crippen MR) is 97.4 cm³/mol. The van der Waals surface area contributed by atoms with Gasteiger partial charge in [-0.3, -0.25) is 5.43 Å². The van der Waals surface area contributed by atoms with E-state index in [1.165, 1.54) is 0 Å². The second-order valence-electron chi connectivity index (χ2n) is 6.81. The molecule has 0 saturated carbocycles. The Morgan fingerprint density at radius 2 is 1.96 bits per heavy atom. The van der Waals surface area contributed by atoms with Gasteiger partial charge in [0, 0.05) is 29.1 Å². The molecule has 8 heteroatoms. The van der Waals surface area contributed by atoms with Crippen molar-refractivity contribution < 1.29 is 8.42 Å². The summed E-state index contributed by atoms with van der Waals surface area (Å²) in [6.07, 6.45) is 5.93. The standard InChI is InChI=1S/C16H22ClN3O2S2/c1-23-16-15-13(18-19-16)9-11-3-2-4-14(15)20(11)24(21,22)12-7-5-10(17)6-8-12/h5-8,11,13-16,18-19H,2-4,9H2,1H3. The van der Waals surface area contributed by atoms with Gasteiger partial charge in [0.05, 0.1) is 10.3 Å². The first kappa shape index (κ1) is 17.1. The van der Waals surface area contributed by atoms with Crippen molar-refractivity contribution in [3.8, 4) is 0 Å². The molecule has 2 bridgehead atoms. The van der Waals surface area contributed by atoms with Crippen molar-refractivity contribution in [1.82, 2.24) is 15.2 Å². The number of hydrazine groups is 1. The molecule has 1 aromatic rings. The van der Waals surface area contributed by atoms with Crippen LogP contribution in [0.25, 0.3) is 0 Å². The van der Waals surface area contributed by atoms with Gasteiger partial charge in [0.25, 0.3) is 0 Å². The van der Waals surface area contributed by atoms with Crippen LogP contribution in [0.15, 0.2) is 29.2 Å². The Morgan fingerprint density at radius 3 is 2.67 bits per heavy atom. The summed E-state index contributed by atoms with van der Waals surface area (Å²) in [5.74, 6) is 0.304. The van der Waals surface area contributed by atoms with Crippen LogP contribution in [0.3, 0.4) is 0 Å². The Hall–Kier alpha value is -0.310. The molecule has 2 N–H and O–H groups in total. The van der Waals surface area contributed by atoms with Crippen molar-refractivity contribution in [2.45, 2.75) is 54.1 Å². The first-order chi connectivity index (χ1) is 11.5. The maximum absolute atomic E-state index is 13.3. The van der Waals surface area contributed by atoms with Gasteiger partial charge in [-0.15, -0.1) is 11.8 Å². The Labute approximate surface area is 152 Å². The molecule has 5 nitrogen and oxygen atoms in total. The van der Waals surface area contributed by atoms with Crippen molar-refractivity contribution in [2.24, 2.45) is 5.92 Å². The molecule has 132 valence electrons. The minimum absolute atomic E-state index is 0.0585. The smallest absolute Gasteiger partial charge is 0.243 e. The highest BCUT2D eigenvalue weighted by Crippen LogP contribution is 2.45. The molecule has 3 heterocycles. The van der Waals surface area contributed by atoms with Crippen LogP contribution in [0, 0.1) is 5.92 Å². The number of piperidine rings is 2. The van der Waals surface area contributed by atoms with Gasteiger partial charge in [0.2, 0.25) is 10.0 Å². The molecule has 0 amide bonds. The van der Waals surface area contributed by atoms with Gasteiger partial charge in [-0.05, 0) is 49.8 Å². The third-order valence-corrected chi connectivity index (χ3v) is 8.75. The lowest BCUT2D eigenvalue weighted by molar-refractivity contribution is 0.0658. The van der Waals surface area contributed by atoms with E-state index in [0.717, 1.165) is 25.7 Å². The van der Waals surface area contributed by atoms with Crippen molar-refractivity contribution >= 4 is 33.4 Å². The molecule has 5 unspecified atom stereocenters. The lowest BCUT2D eigenvalue weighted by atomic mass is 9.77. The summed E-state index contributed by atoms with van der Waals surface area (Å²) in [4.78, 5) is 0.349. The molecular formula is C16H22ClN3O2S2. The second-order valence-corrected chi connectivity index (χ2v) is 10.1. The molecule has 0 spiro atoms. The predicted octanol–water partition coefficient (Wildman–Crippen LogP) is 2.44. The van der Waals surface area contributed by atoms with Gasteiger partial charge < -0.3 is 0 Å². The van der Waals surface area contributed by atoms with Crippen LogP contribution >= 0.6 is 23.4 Å². The molecule has 24 heavy (non-hydrogen) atoms. The molecule has 0 radical (unpaired) electrons. The highest BCUT2D eigenvalue weighted by Gasteiger charge is 2.54. The number of hydrogen-bond donors (Lipinski definition) is 2. The van der Waals surface area contributed by atoms with E-state index in [4.69, 9.17) is 11.6 Å². The van der Waals surface area contributed by atoms with Crippen molar-refractivity contribution in [2.75, 3.05) is 6.26 Å². The fraction of sp³-hybridized carbons (Fsp3) is 0.625. The van der Waals surface area contributed by atoms with Gasteiger partial charge in [0.15, 0.2) is 0 Å². The Kier molecular flexibility index (Phi) is 4.60. The van der Waals surface area contributed by atoms with Crippen LogP contribution in [0.5, 0.6) is 0 Å². The minimum Gasteiger partial charge on any atom is -0.253 e. The quantitative estimate of drug-likeness (QED) is 0.834. The zero-order valence-corrected chi connectivity index (χ0v) is 15.9. The van der Waals surface area contributed by atoms with E-state index in [0.29, 0.717) is 21.9 Å². The van der Waals surface area contributed by atoms with Gasteiger partial charge >= 0.3 is 0 Å². The van der Waals surface area contributed by atoms with E-state index < -0.39 is 10.0 Å².